The second-order valence-electron chi connectivity index (χ2n) is 8.00. The smallest absolute Gasteiger partial charge is 0.240 e. The summed E-state index contributed by atoms with van der Waals surface area (Å²) >= 11 is 0. The molecule has 0 aromatic heterocycles. The number of fused-ring (bicyclic) bond motifs is 1. The number of nitrogens with zero attached hydrogens (tertiary/aromatic N) is 3. The molecule has 1 amide bonds. The van der Waals surface area contributed by atoms with E-state index in [-0.39, 0.29) is 10.8 Å². The lowest BCUT2D eigenvalue weighted by molar-refractivity contribution is -0.118. The number of benzene rings is 2. The number of hydrogen-bond acceptors (Lipinski definition) is 5. The van der Waals surface area contributed by atoms with Gasteiger partial charge in [-0.05, 0) is 42.3 Å². The first-order chi connectivity index (χ1) is 15.0. The zero-order valence-electron chi connectivity index (χ0n) is 18.0. The fraction of sp³-hybridized carbons (Fsp3) is 0.435. The molecule has 1 saturated heterocycles. The summed E-state index contributed by atoms with van der Waals surface area (Å²) in [6, 6.07) is 15.4. The molecular formula is C23H30N4O3S. The van der Waals surface area contributed by atoms with Crippen LogP contribution in [0.15, 0.2) is 53.4 Å². The topological polar surface area (TPSA) is 73.0 Å². The van der Waals surface area contributed by atoms with Crippen molar-refractivity contribution in [3.8, 4) is 0 Å². The van der Waals surface area contributed by atoms with E-state index in [2.05, 4.69) is 38.8 Å². The van der Waals surface area contributed by atoms with Crippen molar-refractivity contribution in [1.82, 2.24) is 9.62 Å². The first kappa shape index (κ1) is 21.8. The minimum absolute atomic E-state index is 0.0693. The molecule has 0 saturated carbocycles. The van der Waals surface area contributed by atoms with Gasteiger partial charge >= 0.3 is 0 Å². The lowest BCUT2D eigenvalue weighted by atomic mass is 10.2. The van der Waals surface area contributed by atoms with E-state index in [9.17, 15) is 13.2 Å². The van der Waals surface area contributed by atoms with Crippen LogP contribution >= 0.6 is 0 Å². The lowest BCUT2D eigenvalue weighted by Gasteiger charge is -2.36. The van der Waals surface area contributed by atoms with E-state index in [1.807, 2.05) is 13.0 Å². The number of amides is 1. The van der Waals surface area contributed by atoms with Crippen LogP contribution in [0.4, 0.5) is 11.4 Å². The summed E-state index contributed by atoms with van der Waals surface area (Å²) in [6.45, 7) is 7.23. The van der Waals surface area contributed by atoms with Crippen molar-refractivity contribution in [3.63, 3.8) is 0 Å². The number of anilines is 2. The number of hydrogen-bond donors (Lipinski definition) is 1. The highest BCUT2D eigenvalue weighted by Gasteiger charge is 2.26. The summed E-state index contributed by atoms with van der Waals surface area (Å²) < 4.78 is 28.3. The van der Waals surface area contributed by atoms with Gasteiger partial charge in [-0.25, -0.2) is 13.1 Å². The lowest BCUT2D eigenvalue weighted by Crippen LogP contribution is -2.48. The molecule has 2 aromatic rings. The van der Waals surface area contributed by atoms with E-state index in [0.717, 1.165) is 37.4 Å². The Kier molecular flexibility index (Phi) is 6.60. The fourth-order valence-corrected chi connectivity index (χ4v) is 5.36. The van der Waals surface area contributed by atoms with Crippen LogP contribution < -0.4 is 14.5 Å². The Morgan fingerprint density at radius 2 is 1.74 bits per heavy atom. The molecule has 8 heteroatoms. The molecule has 4 rings (SSSR count). The van der Waals surface area contributed by atoms with Crippen LogP contribution in [0.2, 0.25) is 0 Å². The van der Waals surface area contributed by atoms with E-state index in [4.69, 9.17) is 0 Å². The monoisotopic (exact) mass is 442 g/mol. The fourth-order valence-electron chi connectivity index (χ4n) is 4.29. The van der Waals surface area contributed by atoms with Crippen LogP contribution in [0.5, 0.6) is 0 Å². The first-order valence-corrected chi connectivity index (χ1v) is 12.4. The highest BCUT2D eigenvalue weighted by atomic mass is 32.2. The van der Waals surface area contributed by atoms with Gasteiger partial charge in [-0.3, -0.25) is 9.69 Å². The van der Waals surface area contributed by atoms with E-state index in [0.29, 0.717) is 32.5 Å². The van der Waals surface area contributed by atoms with Crippen molar-refractivity contribution < 1.29 is 13.2 Å². The summed E-state index contributed by atoms with van der Waals surface area (Å²) in [6.07, 6.45) is 1.14. The molecule has 0 bridgehead atoms. The third kappa shape index (κ3) is 4.92. The van der Waals surface area contributed by atoms with Crippen molar-refractivity contribution in [3.05, 3.63) is 54.1 Å². The number of rotatable bonds is 7. The van der Waals surface area contributed by atoms with Gasteiger partial charge in [0.2, 0.25) is 15.9 Å². The Hall–Kier alpha value is -2.42. The van der Waals surface area contributed by atoms with Crippen LogP contribution in [0.25, 0.3) is 0 Å². The SMILES string of the molecule is CCC(=O)N1CCc2cc(S(=O)(=O)NCCN3CCN(c4ccccc4)CC3)ccc21. The largest absolute Gasteiger partial charge is 0.369 e. The van der Waals surface area contributed by atoms with Gasteiger partial charge in [0.15, 0.2) is 0 Å². The molecule has 1 N–H and O–H groups in total. The average molecular weight is 443 g/mol. The van der Waals surface area contributed by atoms with E-state index in [1.165, 1.54) is 5.69 Å². The maximum atomic E-state index is 12.8. The van der Waals surface area contributed by atoms with Crippen LogP contribution in [0, 0.1) is 0 Å². The molecule has 2 aliphatic rings. The maximum absolute atomic E-state index is 12.8. The van der Waals surface area contributed by atoms with Crippen molar-refractivity contribution >= 4 is 27.3 Å². The predicted octanol–water partition coefficient (Wildman–Crippen LogP) is 2.09. The molecule has 2 aliphatic heterocycles. The number of para-hydroxylation sites is 1. The van der Waals surface area contributed by atoms with E-state index in [1.54, 1.807) is 23.1 Å². The van der Waals surface area contributed by atoms with Crippen molar-refractivity contribution in [2.24, 2.45) is 0 Å². The third-order valence-electron chi connectivity index (χ3n) is 6.07. The molecule has 31 heavy (non-hydrogen) atoms. The Labute approximate surface area is 184 Å². The van der Waals surface area contributed by atoms with Crippen LogP contribution in [-0.4, -0.2) is 65.0 Å². The second-order valence-corrected chi connectivity index (χ2v) is 9.77. The number of nitrogens with one attached hydrogen (secondary N) is 1. The quantitative estimate of drug-likeness (QED) is 0.711. The normalized spacial score (nSPS) is 17.1. The highest BCUT2D eigenvalue weighted by Crippen LogP contribution is 2.30. The van der Waals surface area contributed by atoms with E-state index >= 15 is 0 Å². The number of carbonyl (C=O) groups excluding carboxylic acids is 1. The summed E-state index contributed by atoms with van der Waals surface area (Å²) in [4.78, 5) is 18.7. The molecule has 0 aliphatic carbocycles. The zero-order chi connectivity index (χ0) is 21.8. The molecule has 166 valence electrons. The number of piperazine rings is 1. The van der Waals surface area contributed by atoms with Gasteiger partial charge in [0.25, 0.3) is 0 Å². The summed E-state index contributed by atoms with van der Waals surface area (Å²) in [5.74, 6) is 0.0693. The van der Waals surface area contributed by atoms with E-state index < -0.39 is 10.0 Å². The predicted molar refractivity (Wildman–Crippen MR) is 123 cm³/mol. The van der Waals surface area contributed by atoms with Crippen molar-refractivity contribution in [2.45, 2.75) is 24.7 Å². The minimum Gasteiger partial charge on any atom is -0.369 e. The van der Waals surface area contributed by atoms with Gasteiger partial charge in [0, 0.05) is 63.6 Å². The van der Waals surface area contributed by atoms with Gasteiger partial charge in [-0.1, -0.05) is 25.1 Å². The molecule has 2 aromatic carbocycles. The maximum Gasteiger partial charge on any atom is 0.240 e. The Morgan fingerprint density at radius 3 is 2.45 bits per heavy atom. The Balaban J connectivity index is 1.29. The minimum atomic E-state index is -3.57. The molecule has 2 heterocycles. The molecule has 0 radical (unpaired) electrons. The van der Waals surface area contributed by atoms with Gasteiger partial charge in [-0.15, -0.1) is 0 Å². The number of carbonyl (C=O) groups is 1. The van der Waals surface area contributed by atoms with Gasteiger partial charge in [0.05, 0.1) is 4.90 Å². The zero-order valence-corrected chi connectivity index (χ0v) is 18.8. The van der Waals surface area contributed by atoms with Crippen LogP contribution in [0.1, 0.15) is 18.9 Å². The van der Waals surface area contributed by atoms with Crippen LogP contribution in [-0.2, 0) is 21.2 Å². The van der Waals surface area contributed by atoms with Gasteiger partial charge in [0.1, 0.15) is 0 Å². The van der Waals surface area contributed by atoms with Gasteiger partial charge in [-0.2, -0.15) is 0 Å². The molecular weight excluding hydrogens is 412 g/mol. The standard InChI is InChI=1S/C23H30N4O3S/c1-2-23(28)27-12-10-19-18-21(8-9-22(19)27)31(29,30)24-11-13-25-14-16-26(17-15-25)20-6-4-3-5-7-20/h3-9,18,24H,2,10-17H2,1H3. The summed E-state index contributed by atoms with van der Waals surface area (Å²) in [7, 11) is -3.57. The van der Waals surface area contributed by atoms with Crippen LogP contribution in [0.3, 0.4) is 0 Å². The van der Waals surface area contributed by atoms with Crippen molar-refractivity contribution in [2.75, 3.05) is 55.6 Å². The molecule has 0 unspecified atom stereocenters. The van der Waals surface area contributed by atoms with Gasteiger partial charge < -0.3 is 9.80 Å². The second kappa shape index (κ2) is 9.38. The highest BCUT2D eigenvalue weighted by molar-refractivity contribution is 7.89. The molecule has 0 spiro atoms. The average Bonchev–Trinajstić information content (AvgIpc) is 3.23. The summed E-state index contributed by atoms with van der Waals surface area (Å²) in [5, 5.41) is 0. The Morgan fingerprint density at radius 1 is 1.00 bits per heavy atom. The third-order valence-corrected chi connectivity index (χ3v) is 7.53. The number of sulfonamides is 1. The first-order valence-electron chi connectivity index (χ1n) is 10.9. The molecule has 7 nitrogen and oxygen atoms in total. The summed E-state index contributed by atoms with van der Waals surface area (Å²) in [5.41, 5.74) is 2.99. The molecule has 1 fully saturated rings. The Bertz CT molecular complexity index is 1020. The molecule has 0 atom stereocenters. The van der Waals surface area contributed by atoms with Crippen molar-refractivity contribution in [1.29, 1.82) is 0 Å².